The van der Waals surface area contributed by atoms with Gasteiger partial charge in [0, 0.05) is 29.7 Å². The molecule has 0 bridgehead atoms. The van der Waals surface area contributed by atoms with Crippen molar-refractivity contribution < 1.29 is 27.2 Å². The molecule has 0 radical (unpaired) electrons. The summed E-state index contributed by atoms with van der Waals surface area (Å²) in [6, 6.07) is 9.90. The molecule has 2 aromatic rings. The third kappa shape index (κ3) is 9.08. The number of Topliss-reactive ketones (excluding diaryl/α,β-unsaturated/α-hetero) is 1. The molecule has 0 aromatic heterocycles. The first kappa shape index (κ1) is 41.4. The molecule has 0 amide bonds. The Bertz CT molecular complexity index is 1530. The van der Waals surface area contributed by atoms with Gasteiger partial charge in [-0.2, -0.15) is 0 Å². The minimum Gasteiger partial charge on any atom is -0.543 e. The minimum atomic E-state index is -2.25. The van der Waals surface area contributed by atoms with Crippen molar-refractivity contribution >= 4 is 39.1 Å². The van der Waals surface area contributed by atoms with Gasteiger partial charge in [0.15, 0.2) is 11.9 Å². The molecule has 276 valence electrons. The zero-order valence-corrected chi connectivity index (χ0v) is 38.6. The number of hydrogen-bond acceptors (Lipinski definition) is 6. The van der Waals surface area contributed by atoms with Crippen molar-refractivity contribution in [2.24, 2.45) is 0 Å². The Balaban J connectivity index is 2.17. The van der Waals surface area contributed by atoms with Gasteiger partial charge in [0.1, 0.15) is 28.7 Å². The second kappa shape index (κ2) is 13.2. The van der Waals surface area contributed by atoms with E-state index in [2.05, 4.69) is 135 Å². The molecule has 0 spiro atoms. The molecule has 0 saturated heterocycles. The topological polar surface area (TPSA) is 63.2 Å². The fourth-order valence-electron chi connectivity index (χ4n) is 4.32. The fraction of sp³-hybridized carbons (Fsp3) is 0.667. The van der Waals surface area contributed by atoms with Crippen molar-refractivity contribution in [2.45, 2.75) is 168 Å². The van der Waals surface area contributed by atoms with Crippen LogP contribution in [0.1, 0.15) is 100 Å². The van der Waals surface area contributed by atoms with E-state index in [1.54, 1.807) is 0 Å². The molecule has 6 nitrogen and oxygen atoms in total. The van der Waals surface area contributed by atoms with Gasteiger partial charge in [-0.1, -0.05) is 89.2 Å². The molecule has 1 aliphatic heterocycles. The Labute approximate surface area is 303 Å². The maximum Gasteiger partial charge on any atom is 0.250 e. The summed E-state index contributed by atoms with van der Waals surface area (Å²) in [7, 11) is -8.86. The Morgan fingerprint density at radius 3 is 1.41 bits per heavy atom. The third-order valence-corrected chi connectivity index (χ3v) is 29.4. The molecule has 3 rings (SSSR count). The van der Waals surface area contributed by atoms with Crippen molar-refractivity contribution in [1.29, 1.82) is 0 Å². The summed E-state index contributed by atoms with van der Waals surface area (Å²) in [4.78, 5) is 14.1. The van der Waals surface area contributed by atoms with Crippen LogP contribution in [0.3, 0.4) is 0 Å². The second-order valence-corrected chi connectivity index (χ2v) is 39.1. The Morgan fingerprint density at radius 1 is 0.551 bits per heavy atom. The first-order valence-electron chi connectivity index (χ1n) is 18.0. The zero-order chi connectivity index (χ0) is 38.0. The normalized spacial score (nSPS) is 16.9. The predicted octanol–water partition coefficient (Wildman–Crippen LogP) is 12.5. The van der Waals surface area contributed by atoms with Crippen LogP contribution in [0.25, 0.3) is 0 Å². The van der Waals surface area contributed by atoms with Crippen LogP contribution in [0.15, 0.2) is 30.3 Å². The maximum atomic E-state index is 14.1. The quantitative estimate of drug-likeness (QED) is 0.238. The molecule has 0 aliphatic carbocycles. The maximum absolute atomic E-state index is 14.1. The van der Waals surface area contributed by atoms with Crippen LogP contribution in [0.5, 0.6) is 28.7 Å². The van der Waals surface area contributed by atoms with E-state index in [1.165, 1.54) is 0 Å². The fourth-order valence-corrected chi connectivity index (χ4v) is 8.41. The molecule has 0 fully saturated rings. The van der Waals surface area contributed by atoms with Crippen LogP contribution in [0.2, 0.25) is 72.5 Å². The number of rotatable bonds is 9. The Morgan fingerprint density at radius 2 is 0.959 bits per heavy atom. The van der Waals surface area contributed by atoms with Gasteiger partial charge in [0.25, 0.3) is 16.6 Å². The summed E-state index contributed by atoms with van der Waals surface area (Å²) in [5.41, 5.74) is 1.55. The lowest BCUT2D eigenvalue weighted by atomic mass is 9.95. The Kier molecular flexibility index (Phi) is 11.1. The molecule has 2 aromatic carbocycles. The molecule has 1 atom stereocenters. The number of ketones is 1. The summed E-state index contributed by atoms with van der Waals surface area (Å²) in [6.07, 6.45) is -0.578. The smallest absolute Gasteiger partial charge is 0.250 e. The van der Waals surface area contributed by atoms with Crippen molar-refractivity contribution in [3.05, 3.63) is 41.5 Å². The van der Waals surface area contributed by atoms with Crippen molar-refractivity contribution in [2.75, 3.05) is 0 Å². The lowest BCUT2D eigenvalue weighted by Gasteiger charge is -2.40. The number of benzene rings is 2. The number of fused-ring (bicyclic) bond motifs is 1. The zero-order valence-electron chi connectivity index (χ0n) is 34.6. The summed E-state index contributed by atoms with van der Waals surface area (Å²) in [6.45, 7) is 44.7. The lowest BCUT2D eigenvalue weighted by molar-refractivity contribution is -0.126. The van der Waals surface area contributed by atoms with E-state index in [1.807, 2.05) is 30.3 Å². The monoisotopic (exact) mass is 744 g/mol. The van der Waals surface area contributed by atoms with Gasteiger partial charge in [0.05, 0.1) is 0 Å². The van der Waals surface area contributed by atoms with Gasteiger partial charge in [-0.3, -0.25) is 4.79 Å². The van der Waals surface area contributed by atoms with E-state index >= 15 is 0 Å². The number of carbonyl (C=O) groups excluding carboxylic acids is 1. The van der Waals surface area contributed by atoms with Gasteiger partial charge >= 0.3 is 0 Å². The number of ether oxygens (including phenoxy) is 1. The van der Waals surface area contributed by atoms with Gasteiger partial charge in [-0.05, 0) is 84.7 Å². The SMILES string of the molecule is CC(C)(C)[Si](C)(C)Oc1cc2c(c(O[Si](C)(C)C(C)(C)C)c1)CC(=O)[C@@H](c1ccc(O[Si](C)(C)C(C)(C)C)c(O[Si](C)(C)C(C)(C)C)c1)O2. The highest BCUT2D eigenvalue weighted by atomic mass is 28.4. The average Bonchev–Trinajstić information content (AvgIpc) is 2.86. The van der Waals surface area contributed by atoms with Crippen LogP contribution in [0, 0.1) is 0 Å². The lowest BCUT2D eigenvalue weighted by Crippen LogP contribution is -2.45. The molecule has 0 unspecified atom stereocenters. The standard InChI is InChI=1S/C39H68O6Si4/c1-36(2,3)46(13,14)42-28-24-32-29(33(25-28)44-48(17,18)38(7,8)9)26-30(40)35(41-32)27-21-22-31(43-47(15,16)37(4,5)6)34(23-27)45-49(19,20)39(10,11)12/h21-25,35H,26H2,1-20H3/t35-/m1/s1. The highest BCUT2D eigenvalue weighted by Crippen LogP contribution is 2.49. The summed E-state index contributed by atoms with van der Waals surface area (Å²) in [5, 5.41) is -0.0145. The molecule has 10 heteroatoms. The minimum absolute atomic E-state index is 0.0114. The molecule has 1 aliphatic rings. The van der Waals surface area contributed by atoms with Crippen LogP contribution < -0.4 is 22.4 Å². The summed E-state index contributed by atoms with van der Waals surface area (Å²) >= 11 is 0. The second-order valence-electron chi connectivity index (χ2n) is 20.2. The highest BCUT2D eigenvalue weighted by Gasteiger charge is 2.45. The van der Waals surface area contributed by atoms with Crippen LogP contribution in [0.4, 0.5) is 0 Å². The van der Waals surface area contributed by atoms with Gasteiger partial charge in [-0.15, -0.1) is 0 Å². The summed E-state index contributed by atoms with van der Waals surface area (Å²) in [5.74, 6) is 3.48. The van der Waals surface area contributed by atoms with Crippen LogP contribution >= 0.6 is 0 Å². The highest BCUT2D eigenvalue weighted by molar-refractivity contribution is 6.76. The van der Waals surface area contributed by atoms with E-state index in [-0.39, 0.29) is 32.4 Å². The molecule has 0 N–H and O–H groups in total. The first-order chi connectivity index (χ1) is 21.7. The van der Waals surface area contributed by atoms with Gasteiger partial charge in [-0.25, -0.2) is 0 Å². The van der Waals surface area contributed by atoms with Crippen LogP contribution in [-0.4, -0.2) is 39.1 Å². The molecular weight excluding hydrogens is 677 g/mol. The number of carbonyl (C=O) groups is 1. The predicted molar refractivity (Wildman–Crippen MR) is 216 cm³/mol. The molecule has 1 heterocycles. The molecular formula is C39H68O6Si4. The third-order valence-electron chi connectivity index (χ3n) is 12.0. The van der Waals surface area contributed by atoms with E-state index in [4.69, 9.17) is 22.4 Å². The van der Waals surface area contributed by atoms with E-state index in [0.717, 1.165) is 22.6 Å². The van der Waals surface area contributed by atoms with Gasteiger partial charge < -0.3 is 22.4 Å². The largest absolute Gasteiger partial charge is 0.543 e. The Hall–Kier alpha value is -2.02. The molecule has 0 saturated carbocycles. The van der Waals surface area contributed by atoms with Crippen molar-refractivity contribution in [3.63, 3.8) is 0 Å². The van der Waals surface area contributed by atoms with Crippen LogP contribution in [-0.2, 0) is 11.2 Å². The van der Waals surface area contributed by atoms with E-state index in [9.17, 15) is 4.79 Å². The van der Waals surface area contributed by atoms with Crippen molar-refractivity contribution in [1.82, 2.24) is 0 Å². The molecule has 49 heavy (non-hydrogen) atoms. The first-order valence-corrected chi connectivity index (χ1v) is 29.6. The van der Waals surface area contributed by atoms with E-state index in [0.29, 0.717) is 17.2 Å². The summed E-state index contributed by atoms with van der Waals surface area (Å²) < 4.78 is 34.2. The van der Waals surface area contributed by atoms with Crippen molar-refractivity contribution in [3.8, 4) is 28.7 Å². The van der Waals surface area contributed by atoms with Gasteiger partial charge in [0.2, 0.25) is 16.6 Å². The number of hydrogen-bond donors (Lipinski definition) is 0. The van der Waals surface area contributed by atoms with E-state index < -0.39 is 39.4 Å². The average molecular weight is 745 g/mol.